The molecular formula is C22H34O2Si2-2. The van der Waals surface area contributed by atoms with Gasteiger partial charge in [0.15, 0.2) is 0 Å². The van der Waals surface area contributed by atoms with Crippen LogP contribution in [-0.4, -0.2) is 32.8 Å². The summed E-state index contributed by atoms with van der Waals surface area (Å²) < 4.78 is 6.17. The molecule has 2 aromatic rings. The van der Waals surface area contributed by atoms with E-state index in [1.807, 2.05) is 13.8 Å². The van der Waals surface area contributed by atoms with Crippen LogP contribution in [0.2, 0.25) is 26.2 Å². The zero-order chi connectivity index (χ0) is 19.8. The molecule has 26 heavy (non-hydrogen) atoms. The molecule has 2 nitrogen and oxygen atoms in total. The monoisotopic (exact) mass is 386 g/mol. The minimum atomic E-state index is -1.91. The van der Waals surface area contributed by atoms with Crippen LogP contribution in [0.4, 0.5) is 0 Å². The van der Waals surface area contributed by atoms with Crippen molar-refractivity contribution < 1.29 is 9.53 Å². The highest BCUT2D eigenvalue weighted by atomic mass is 28.4. The lowest BCUT2D eigenvalue weighted by Crippen LogP contribution is -2.59. The number of rotatable bonds is 6. The minimum Gasteiger partial charge on any atom is -0.560 e. The van der Waals surface area contributed by atoms with Gasteiger partial charge in [-0.15, -0.1) is 13.1 Å². The van der Waals surface area contributed by atoms with Gasteiger partial charge in [-0.05, 0) is 30.2 Å². The van der Waals surface area contributed by atoms with Crippen molar-refractivity contribution in [1.82, 2.24) is 0 Å². The Bertz CT molecular complexity index is 724. The quantitative estimate of drug-likeness (QED) is 0.745. The molecule has 0 spiro atoms. The SMILES string of the molecule is CC(C)O[Si-](C)(C)c1ccc(-c2ccc([Si-](C)(C)C(C)(C)O)cc2)cc1. The number of hydrogen-bond acceptors (Lipinski definition) is 2. The van der Waals surface area contributed by atoms with Crippen LogP contribution in [0.25, 0.3) is 11.1 Å². The third-order valence-corrected chi connectivity index (χ3v) is 13.2. The van der Waals surface area contributed by atoms with Gasteiger partial charge in [-0.2, -0.15) is 23.5 Å². The summed E-state index contributed by atoms with van der Waals surface area (Å²) in [4.78, 5) is 0. The summed E-state index contributed by atoms with van der Waals surface area (Å²) >= 11 is 0. The van der Waals surface area contributed by atoms with Crippen LogP contribution in [0.15, 0.2) is 48.5 Å². The number of aliphatic hydroxyl groups is 1. The summed E-state index contributed by atoms with van der Waals surface area (Å²) in [6, 6.07) is 17.6. The second-order valence-electron chi connectivity index (χ2n) is 9.02. The fraction of sp³-hybridized carbons (Fsp3) is 0.455. The Kier molecular flexibility index (Phi) is 6.03. The lowest BCUT2D eigenvalue weighted by Gasteiger charge is -2.47. The largest absolute Gasteiger partial charge is 0.560 e. The molecule has 0 fully saturated rings. The van der Waals surface area contributed by atoms with E-state index in [4.69, 9.17) is 4.43 Å². The van der Waals surface area contributed by atoms with Crippen molar-refractivity contribution in [2.45, 2.75) is 65.2 Å². The summed E-state index contributed by atoms with van der Waals surface area (Å²) in [7, 11) is -3.75. The van der Waals surface area contributed by atoms with Crippen LogP contribution in [0.3, 0.4) is 0 Å². The van der Waals surface area contributed by atoms with Crippen LogP contribution in [-0.2, 0) is 4.43 Å². The van der Waals surface area contributed by atoms with Gasteiger partial charge < -0.3 is 9.53 Å². The Morgan fingerprint density at radius 1 is 0.769 bits per heavy atom. The van der Waals surface area contributed by atoms with Crippen molar-refractivity contribution in [2.24, 2.45) is 0 Å². The molecule has 0 saturated heterocycles. The molecule has 2 aromatic carbocycles. The zero-order valence-electron chi connectivity index (χ0n) is 17.6. The molecule has 0 heterocycles. The normalized spacial score (nSPS) is 13.3. The average molecular weight is 387 g/mol. The number of hydrogen-bond donors (Lipinski definition) is 1. The Morgan fingerprint density at radius 2 is 1.15 bits per heavy atom. The molecule has 0 aromatic heterocycles. The molecule has 0 saturated carbocycles. The summed E-state index contributed by atoms with van der Waals surface area (Å²) in [5, 5.41) is 12.5. The summed E-state index contributed by atoms with van der Waals surface area (Å²) in [6.45, 7) is 17.0. The highest BCUT2D eigenvalue weighted by Gasteiger charge is 2.27. The Hall–Kier alpha value is -1.21. The van der Waals surface area contributed by atoms with E-state index >= 15 is 0 Å². The molecule has 0 aliphatic carbocycles. The molecule has 0 amide bonds. The standard InChI is InChI=1S/C22H34O2Si2/c1-17(2)24-26(7,8)21-15-11-19(12-16-21)18-9-13-20(14-10-18)25(5,6)22(3,4)23/h9-17,23H,1-8H3/q-2. The molecule has 2 rings (SSSR count). The molecule has 1 N–H and O–H groups in total. The van der Waals surface area contributed by atoms with E-state index in [9.17, 15) is 5.11 Å². The Morgan fingerprint density at radius 3 is 1.50 bits per heavy atom. The number of benzene rings is 2. The molecule has 0 bridgehead atoms. The predicted molar refractivity (Wildman–Crippen MR) is 119 cm³/mol. The molecule has 144 valence electrons. The van der Waals surface area contributed by atoms with Crippen molar-refractivity contribution in [1.29, 1.82) is 0 Å². The van der Waals surface area contributed by atoms with Crippen molar-refractivity contribution in [3.63, 3.8) is 0 Å². The summed E-state index contributed by atoms with van der Waals surface area (Å²) in [6.07, 6.45) is 0.257. The van der Waals surface area contributed by atoms with Crippen LogP contribution in [0.5, 0.6) is 0 Å². The van der Waals surface area contributed by atoms with E-state index < -0.39 is 21.6 Å². The van der Waals surface area contributed by atoms with Crippen molar-refractivity contribution in [2.75, 3.05) is 0 Å². The van der Waals surface area contributed by atoms with Gasteiger partial charge in [0.2, 0.25) is 0 Å². The fourth-order valence-electron chi connectivity index (χ4n) is 3.15. The van der Waals surface area contributed by atoms with E-state index in [2.05, 4.69) is 88.6 Å². The maximum Gasteiger partial charge on any atom is 0.00970 e. The van der Waals surface area contributed by atoms with Gasteiger partial charge in [0.1, 0.15) is 0 Å². The summed E-state index contributed by atoms with van der Waals surface area (Å²) in [5.74, 6) is 0. The average Bonchev–Trinajstić information content (AvgIpc) is 2.53. The van der Waals surface area contributed by atoms with Crippen LogP contribution in [0.1, 0.15) is 27.7 Å². The zero-order valence-corrected chi connectivity index (χ0v) is 19.6. The molecule has 0 atom stereocenters. The van der Waals surface area contributed by atoms with Crippen molar-refractivity contribution in [3.8, 4) is 11.1 Å². The summed E-state index contributed by atoms with van der Waals surface area (Å²) in [5.41, 5.74) is 2.43. The first-order valence-electron chi connectivity index (χ1n) is 9.46. The van der Waals surface area contributed by atoms with Gasteiger partial charge in [0.05, 0.1) is 0 Å². The predicted octanol–water partition coefficient (Wildman–Crippen LogP) is 4.42. The molecule has 0 aliphatic rings. The molecule has 0 radical (unpaired) electrons. The van der Waals surface area contributed by atoms with Gasteiger partial charge in [-0.3, -0.25) is 0 Å². The maximum atomic E-state index is 10.5. The smallest absolute Gasteiger partial charge is 0.00970 e. The highest BCUT2D eigenvalue weighted by molar-refractivity contribution is 6.92. The Labute approximate surface area is 161 Å². The fourth-order valence-corrected chi connectivity index (χ4v) is 7.14. The van der Waals surface area contributed by atoms with Crippen molar-refractivity contribution in [3.05, 3.63) is 48.5 Å². The van der Waals surface area contributed by atoms with E-state index in [1.165, 1.54) is 21.5 Å². The topological polar surface area (TPSA) is 29.5 Å². The minimum absolute atomic E-state index is 0.257. The highest BCUT2D eigenvalue weighted by Crippen LogP contribution is 2.23. The third-order valence-electron chi connectivity index (χ3n) is 5.58. The van der Waals surface area contributed by atoms with E-state index in [-0.39, 0.29) is 6.10 Å². The van der Waals surface area contributed by atoms with Gasteiger partial charge in [0, 0.05) is 14.4 Å². The molecule has 4 heteroatoms. The lowest BCUT2D eigenvalue weighted by molar-refractivity contribution is 0.158. The first-order chi connectivity index (χ1) is 11.8. The maximum absolute atomic E-state index is 10.5. The van der Waals surface area contributed by atoms with Gasteiger partial charge >= 0.3 is 0 Å². The van der Waals surface area contributed by atoms with Crippen molar-refractivity contribution >= 4 is 26.8 Å². The van der Waals surface area contributed by atoms with E-state index in [1.54, 1.807) is 0 Å². The first kappa shape index (κ1) is 21.1. The third kappa shape index (κ3) is 4.55. The first-order valence-corrected chi connectivity index (χ1v) is 15.4. The van der Waals surface area contributed by atoms with Gasteiger partial charge in [-0.1, -0.05) is 70.5 Å². The van der Waals surface area contributed by atoms with Crippen LogP contribution >= 0.6 is 0 Å². The van der Waals surface area contributed by atoms with Crippen LogP contribution in [0, 0.1) is 0 Å². The second-order valence-corrected chi connectivity index (χ2v) is 17.9. The van der Waals surface area contributed by atoms with Gasteiger partial charge in [-0.25, -0.2) is 0 Å². The molecular weight excluding hydrogens is 352 g/mol. The Balaban J connectivity index is 2.25. The molecule has 0 aliphatic heterocycles. The second kappa shape index (κ2) is 7.43. The van der Waals surface area contributed by atoms with Gasteiger partial charge in [0.25, 0.3) is 0 Å². The lowest BCUT2D eigenvalue weighted by atomic mass is 10.1. The van der Waals surface area contributed by atoms with Crippen LogP contribution < -0.4 is 10.4 Å². The van der Waals surface area contributed by atoms with E-state index in [0.29, 0.717) is 0 Å². The molecule has 0 unspecified atom stereocenters. The van der Waals surface area contributed by atoms with E-state index in [0.717, 1.165) is 0 Å².